The number of nitrogens with one attached hydrogen (secondary N) is 1. The average Bonchev–Trinajstić information content (AvgIpc) is 2.86. The molecule has 2 aliphatic heterocycles. The molecular formula is C17H19ClN2O5S. The average molecular weight is 399 g/mol. The van der Waals surface area contributed by atoms with Crippen LogP contribution < -0.4 is 10.1 Å². The summed E-state index contributed by atoms with van der Waals surface area (Å²) in [6, 6.07) is 5.42. The lowest BCUT2D eigenvalue weighted by Gasteiger charge is -2.43. The van der Waals surface area contributed by atoms with Crippen molar-refractivity contribution in [3.8, 4) is 5.75 Å². The van der Waals surface area contributed by atoms with E-state index in [1.54, 1.807) is 38.1 Å². The zero-order valence-corrected chi connectivity index (χ0v) is 15.8. The molecule has 1 aromatic carbocycles. The van der Waals surface area contributed by atoms with Gasteiger partial charge in [-0.15, -0.1) is 23.4 Å². The number of carbonyl (C=O) groups is 3. The number of hydrogen-bond acceptors (Lipinski definition) is 5. The fourth-order valence-electron chi connectivity index (χ4n) is 3.18. The standard InChI is InChI=1S/C17H19ClN2O5S/c1-17(2)13(16(23)24)20-14(22)12(15(20)26-17)19-11(21)8-25-10-5-3-9(7-18)4-6-10/h3-6,12-13,15H,7-8H2,1-2H3,(H,19,21)(H,23,24). The fraction of sp³-hybridized carbons (Fsp3) is 0.471. The minimum absolute atomic E-state index is 0.229. The van der Waals surface area contributed by atoms with E-state index in [1.807, 2.05) is 0 Å². The smallest absolute Gasteiger partial charge is 0.327 e. The SMILES string of the molecule is CC1(C)SC2C(NC(=O)COc3ccc(CCl)cc3)C(=O)N2C1C(=O)O. The van der Waals surface area contributed by atoms with Crippen molar-refractivity contribution in [2.24, 2.45) is 0 Å². The Morgan fingerprint density at radius 1 is 1.35 bits per heavy atom. The van der Waals surface area contributed by atoms with E-state index < -0.39 is 28.7 Å². The Morgan fingerprint density at radius 2 is 2.00 bits per heavy atom. The molecule has 140 valence electrons. The van der Waals surface area contributed by atoms with E-state index >= 15 is 0 Å². The van der Waals surface area contributed by atoms with Crippen molar-refractivity contribution in [3.63, 3.8) is 0 Å². The van der Waals surface area contributed by atoms with Gasteiger partial charge in [-0.1, -0.05) is 12.1 Å². The van der Waals surface area contributed by atoms with Gasteiger partial charge in [0.25, 0.3) is 5.91 Å². The minimum atomic E-state index is -1.04. The molecule has 0 aromatic heterocycles. The summed E-state index contributed by atoms with van der Waals surface area (Å²) < 4.78 is 4.78. The summed E-state index contributed by atoms with van der Waals surface area (Å²) in [5, 5.41) is 11.6. The number of aliphatic carboxylic acids is 1. The Bertz CT molecular complexity index is 739. The van der Waals surface area contributed by atoms with Crippen LogP contribution in [0, 0.1) is 0 Å². The van der Waals surface area contributed by atoms with E-state index in [1.165, 1.54) is 16.7 Å². The fourth-order valence-corrected chi connectivity index (χ4v) is 4.99. The molecule has 2 fully saturated rings. The van der Waals surface area contributed by atoms with Gasteiger partial charge in [-0.3, -0.25) is 9.59 Å². The second kappa shape index (κ2) is 7.00. The zero-order chi connectivity index (χ0) is 19.1. The Labute approximate surface area is 160 Å². The zero-order valence-electron chi connectivity index (χ0n) is 14.3. The second-order valence-electron chi connectivity index (χ2n) is 6.71. The Hall–Kier alpha value is -1.93. The van der Waals surface area contributed by atoms with Gasteiger partial charge in [0.05, 0.1) is 0 Å². The topological polar surface area (TPSA) is 95.9 Å². The second-order valence-corrected chi connectivity index (χ2v) is 8.75. The first-order chi connectivity index (χ1) is 12.2. The number of ether oxygens (including phenoxy) is 1. The van der Waals surface area contributed by atoms with Crippen molar-refractivity contribution >= 4 is 41.1 Å². The molecular weight excluding hydrogens is 380 g/mol. The third-order valence-electron chi connectivity index (χ3n) is 4.44. The molecule has 0 saturated carbocycles. The maximum Gasteiger partial charge on any atom is 0.327 e. The molecule has 0 spiro atoms. The van der Waals surface area contributed by atoms with Gasteiger partial charge in [-0.2, -0.15) is 0 Å². The molecule has 26 heavy (non-hydrogen) atoms. The van der Waals surface area contributed by atoms with Crippen LogP contribution in [-0.2, 0) is 20.3 Å². The molecule has 9 heteroatoms. The van der Waals surface area contributed by atoms with E-state index in [4.69, 9.17) is 16.3 Å². The maximum absolute atomic E-state index is 12.3. The number of hydrogen-bond donors (Lipinski definition) is 2. The number of β-lactam (4-membered cyclic amide) rings is 1. The highest BCUT2D eigenvalue weighted by atomic mass is 35.5. The maximum atomic E-state index is 12.3. The van der Waals surface area contributed by atoms with Crippen LogP contribution in [0.25, 0.3) is 0 Å². The van der Waals surface area contributed by atoms with E-state index in [-0.39, 0.29) is 17.9 Å². The molecule has 0 bridgehead atoms. The van der Waals surface area contributed by atoms with Crippen LogP contribution in [0.15, 0.2) is 24.3 Å². The molecule has 3 unspecified atom stereocenters. The highest BCUT2D eigenvalue weighted by molar-refractivity contribution is 8.01. The molecule has 2 amide bonds. The molecule has 0 radical (unpaired) electrons. The van der Waals surface area contributed by atoms with Crippen LogP contribution >= 0.6 is 23.4 Å². The summed E-state index contributed by atoms with van der Waals surface area (Å²) in [4.78, 5) is 37.2. The van der Waals surface area contributed by atoms with E-state index in [0.717, 1.165) is 5.56 Å². The van der Waals surface area contributed by atoms with Gasteiger partial charge in [0.15, 0.2) is 6.61 Å². The number of fused-ring (bicyclic) bond motifs is 1. The number of alkyl halides is 1. The molecule has 1 aromatic rings. The minimum Gasteiger partial charge on any atom is -0.484 e. The molecule has 2 heterocycles. The van der Waals surface area contributed by atoms with Crippen LogP contribution in [0.2, 0.25) is 0 Å². The number of halogens is 1. The highest BCUT2D eigenvalue weighted by Crippen LogP contribution is 2.50. The lowest BCUT2D eigenvalue weighted by atomic mass is 9.96. The molecule has 3 atom stereocenters. The van der Waals surface area contributed by atoms with Crippen molar-refractivity contribution in [3.05, 3.63) is 29.8 Å². The first kappa shape index (κ1) is 18.8. The summed E-state index contributed by atoms with van der Waals surface area (Å²) in [7, 11) is 0. The van der Waals surface area contributed by atoms with Gasteiger partial charge in [0.2, 0.25) is 5.91 Å². The number of carbonyl (C=O) groups excluding carboxylic acids is 2. The summed E-state index contributed by atoms with van der Waals surface area (Å²) in [5.74, 6) is -0.917. The molecule has 2 aliphatic rings. The van der Waals surface area contributed by atoms with Gasteiger partial charge in [-0.05, 0) is 31.5 Å². The van der Waals surface area contributed by atoms with Gasteiger partial charge in [-0.25, -0.2) is 4.79 Å². The number of nitrogens with zero attached hydrogens (tertiary/aromatic N) is 1. The monoisotopic (exact) mass is 398 g/mol. The van der Waals surface area contributed by atoms with Crippen LogP contribution in [0.3, 0.4) is 0 Å². The van der Waals surface area contributed by atoms with E-state index in [0.29, 0.717) is 11.6 Å². The summed E-state index contributed by atoms with van der Waals surface area (Å²) >= 11 is 7.10. The van der Waals surface area contributed by atoms with Gasteiger partial charge < -0.3 is 20.1 Å². The van der Waals surface area contributed by atoms with Crippen molar-refractivity contribution < 1.29 is 24.2 Å². The largest absolute Gasteiger partial charge is 0.484 e. The van der Waals surface area contributed by atoms with Gasteiger partial charge >= 0.3 is 5.97 Å². The lowest BCUT2D eigenvalue weighted by molar-refractivity contribution is -0.161. The van der Waals surface area contributed by atoms with Crippen molar-refractivity contribution in [1.29, 1.82) is 0 Å². The van der Waals surface area contributed by atoms with Crippen LogP contribution in [0.1, 0.15) is 19.4 Å². The number of benzene rings is 1. The quantitative estimate of drug-likeness (QED) is 0.556. The third-order valence-corrected chi connectivity index (χ3v) is 6.32. The molecule has 7 nitrogen and oxygen atoms in total. The Kier molecular flexibility index (Phi) is 5.07. The summed E-state index contributed by atoms with van der Waals surface area (Å²) in [5.41, 5.74) is 0.942. The van der Waals surface area contributed by atoms with Crippen LogP contribution in [0.4, 0.5) is 0 Å². The predicted molar refractivity (Wildman–Crippen MR) is 97.2 cm³/mol. The Morgan fingerprint density at radius 3 is 2.58 bits per heavy atom. The van der Waals surface area contributed by atoms with E-state index in [2.05, 4.69) is 5.32 Å². The summed E-state index contributed by atoms with van der Waals surface area (Å²) in [6.45, 7) is 3.34. The normalized spacial score (nSPS) is 26.0. The number of rotatable bonds is 6. The first-order valence-corrected chi connectivity index (χ1v) is 9.46. The van der Waals surface area contributed by atoms with Gasteiger partial charge in [0, 0.05) is 10.6 Å². The van der Waals surface area contributed by atoms with Crippen LogP contribution in [-0.4, -0.2) is 56.6 Å². The first-order valence-electron chi connectivity index (χ1n) is 8.04. The number of carboxylic acid groups (broad SMARTS) is 1. The van der Waals surface area contributed by atoms with Crippen molar-refractivity contribution in [1.82, 2.24) is 10.2 Å². The molecule has 0 aliphatic carbocycles. The van der Waals surface area contributed by atoms with Gasteiger partial charge in [0.1, 0.15) is 23.2 Å². The molecule has 3 rings (SSSR count). The number of amides is 2. The predicted octanol–water partition coefficient (Wildman–Crippen LogP) is 1.44. The Balaban J connectivity index is 1.56. The highest BCUT2D eigenvalue weighted by Gasteiger charge is 2.64. The van der Waals surface area contributed by atoms with Crippen LogP contribution in [0.5, 0.6) is 5.75 Å². The third kappa shape index (κ3) is 3.35. The lowest BCUT2D eigenvalue weighted by Crippen LogP contribution is -2.70. The van der Waals surface area contributed by atoms with E-state index in [9.17, 15) is 19.5 Å². The van der Waals surface area contributed by atoms with Crippen molar-refractivity contribution in [2.45, 2.75) is 41.9 Å². The summed E-state index contributed by atoms with van der Waals surface area (Å²) in [6.07, 6.45) is 0. The number of carboxylic acids is 1. The number of thioether (sulfide) groups is 1. The van der Waals surface area contributed by atoms with Crippen molar-refractivity contribution in [2.75, 3.05) is 6.61 Å². The molecule has 2 saturated heterocycles. The molecule has 2 N–H and O–H groups in total.